The van der Waals surface area contributed by atoms with E-state index in [4.69, 9.17) is 4.74 Å². The molecule has 0 bridgehead atoms. The van der Waals surface area contributed by atoms with E-state index in [0.717, 1.165) is 29.3 Å². The molecule has 2 atom stereocenters. The van der Waals surface area contributed by atoms with E-state index in [2.05, 4.69) is 21.7 Å². The highest BCUT2D eigenvalue weighted by molar-refractivity contribution is 14.0. The molecule has 5 nitrogen and oxygen atoms in total. The Kier molecular flexibility index (Phi) is 9.06. The Labute approximate surface area is 180 Å². The number of rotatable bonds is 6. The Bertz CT molecular complexity index is 771. The van der Waals surface area contributed by atoms with Crippen molar-refractivity contribution in [2.45, 2.75) is 18.2 Å². The van der Waals surface area contributed by atoms with Crippen LogP contribution in [0.1, 0.15) is 23.6 Å². The third-order valence-electron chi connectivity index (χ3n) is 4.29. The summed E-state index contributed by atoms with van der Waals surface area (Å²) >= 11 is 0. The molecule has 2 unspecified atom stereocenters. The summed E-state index contributed by atoms with van der Waals surface area (Å²) in [4.78, 5) is 4.29. The van der Waals surface area contributed by atoms with Gasteiger partial charge in [0.25, 0.3) is 0 Å². The fraction of sp³-hybridized carbons (Fsp3) is 0.350. The molecule has 0 amide bonds. The van der Waals surface area contributed by atoms with Gasteiger partial charge in [-0.1, -0.05) is 48.5 Å². The maximum Gasteiger partial charge on any atom is 0.191 e. The van der Waals surface area contributed by atoms with Gasteiger partial charge in [-0.15, -0.1) is 24.0 Å². The number of nitrogens with zero attached hydrogens (tertiary/aromatic N) is 1. The van der Waals surface area contributed by atoms with Crippen LogP contribution in [0.5, 0.6) is 5.75 Å². The van der Waals surface area contributed by atoms with Crippen LogP contribution >= 0.6 is 24.0 Å². The zero-order chi connectivity index (χ0) is 18.2. The van der Waals surface area contributed by atoms with Gasteiger partial charge >= 0.3 is 0 Å². The van der Waals surface area contributed by atoms with Gasteiger partial charge in [-0.3, -0.25) is 9.20 Å². The molecular weight excluding hydrogens is 473 g/mol. The summed E-state index contributed by atoms with van der Waals surface area (Å²) in [5, 5.41) is 6.71. The van der Waals surface area contributed by atoms with Crippen LogP contribution in [-0.4, -0.2) is 36.1 Å². The predicted octanol–water partition coefficient (Wildman–Crippen LogP) is 3.24. The van der Waals surface area contributed by atoms with Gasteiger partial charge in [0.05, 0.1) is 12.6 Å². The first-order valence-electron chi connectivity index (χ1n) is 8.84. The summed E-state index contributed by atoms with van der Waals surface area (Å²) in [6.45, 7) is 1.30. The number of guanidine groups is 1. The van der Waals surface area contributed by atoms with Gasteiger partial charge in [0.1, 0.15) is 5.75 Å². The van der Waals surface area contributed by atoms with Crippen LogP contribution in [0.3, 0.4) is 0 Å². The van der Waals surface area contributed by atoms with Gasteiger partial charge in [0.15, 0.2) is 5.96 Å². The van der Waals surface area contributed by atoms with Gasteiger partial charge in [0.2, 0.25) is 0 Å². The Hall–Kier alpha value is -1.61. The number of fused-ring (bicyclic) bond motifs is 1. The highest BCUT2D eigenvalue weighted by Crippen LogP contribution is 2.31. The Morgan fingerprint density at radius 1 is 1.19 bits per heavy atom. The minimum absolute atomic E-state index is 0. The zero-order valence-electron chi connectivity index (χ0n) is 15.4. The van der Waals surface area contributed by atoms with Crippen molar-refractivity contribution in [2.75, 3.05) is 26.0 Å². The van der Waals surface area contributed by atoms with Crippen LogP contribution in [0.25, 0.3) is 0 Å². The van der Waals surface area contributed by atoms with Crippen LogP contribution in [0.4, 0.5) is 0 Å². The average Bonchev–Trinajstić information content (AvgIpc) is 2.68. The third-order valence-corrected chi connectivity index (χ3v) is 5.60. The smallest absolute Gasteiger partial charge is 0.191 e. The molecule has 7 heteroatoms. The van der Waals surface area contributed by atoms with Gasteiger partial charge in [-0.2, -0.15) is 0 Å². The number of aliphatic imine (C=N–C) groups is 1. The second-order valence-corrected chi connectivity index (χ2v) is 7.72. The van der Waals surface area contributed by atoms with Crippen LogP contribution in [0, 0.1) is 0 Å². The van der Waals surface area contributed by atoms with E-state index in [-0.39, 0.29) is 30.0 Å². The number of ether oxygens (including phenoxy) is 1. The predicted molar refractivity (Wildman–Crippen MR) is 122 cm³/mol. The highest BCUT2D eigenvalue weighted by atomic mass is 127. The van der Waals surface area contributed by atoms with Crippen molar-refractivity contribution >= 4 is 40.7 Å². The van der Waals surface area contributed by atoms with Gasteiger partial charge in [-0.05, 0) is 11.6 Å². The van der Waals surface area contributed by atoms with Gasteiger partial charge in [-0.25, -0.2) is 0 Å². The quantitative estimate of drug-likeness (QED) is 0.364. The first-order chi connectivity index (χ1) is 12.8. The summed E-state index contributed by atoms with van der Waals surface area (Å²) in [5.74, 6) is 2.82. The molecule has 0 saturated carbocycles. The van der Waals surface area contributed by atoms with Crippen molar-refractivity contribution in [3.8, 4) is 5.75 Å². The zero-order valence-corrected chi connectivity index (χ0v) is 18.5. The minimum atomic E-state index is -0.898. The molecule has 2 aromatic carbocycles. The SMILES string of the molecule is CN=C(NCCS(=O)Cc1ccccc1)NC1CCOc2ccccc21.I. The summed E-state index contributed by atoms with van der Waals surface area (Å²) in [7, 11) is 0.854. The number of halogens is 1. The Morgan fingerprint density at radius 2 is 1.93 bits per heavy atom. The number of hydrogen-bond donors (Lipinski definition) is 2. The van der Waals surface area contributed by atoms with Crippen molar-refractivity contribution in [3.63, 3.8) is 0 Å². The van der Waals surface area contributed by atoms with E-state index < -0.39 is 10.8 Å². The second-order valence-electron chi connectivity index (χ2n) is 6.14. The maximum absolute atomic E-state index is 12.2. The van der Waals surface area contributed by atoms with E-state index in [0.29, 0.717) is 24.7 Å². The lowest BCUT2D eigenvalue weighted by Crippen LogP contribution is -2.42. The van der Waals surface area contributed by atoms with Crippen molar-refractivity contribution in [1.82, 2.24) is 10.6 Å². The van der Waals surface area contributed by atoms with Crippen LogP contribution in [0.2, 0.25) is 0 Å². The van der Waals surface area contributed by atoms with E-state index >= 15 is 0 Å². The summed E-state index contributed by atoms with van der Waals surface area (Å²) in [6.07, 6.45) is 0.887. The molecule has 0 spiro atoms. The van der Waals surface area contributed by atoms with Gasteiger partial charge in [0, 0.05) is 47.9 Å². The molecule has 0 radical (unpaired) electrons. The second kappa shape index (κ2) is 11.3. The number of para-hydroxylation sites is 1. The van der Waals surface area contributed by atoms with Crippen molar-refractivity contribution in [1.29, 1.82) is 0 Å². The third kappa shape index (κ3) is 6.49. The molecule has 2 aromatic rings. The fourth-order valence-corrected chi connectivity index (χ4v) is 4.01. The largest absolute Gasteiger partial charge is 0.493 e. The topological polar surface area (TPSA) is 62.7 Å². The molecule has 1 aliphatic rings. The first kappa shape index (κ1) is 21.7. The first-order valence-corrected chi connectivity index (χ1v) is 10.3. The molecule has 1 aliphatic heterocycles. The molecule has 1 heterocycles. The Balaban J connectivity index is 0.00000261. The van der Waals surface area contributed by atoms with Crippen LogP contribution in [-0.2, 0) is 16.6 Å². The average molecular weight is 499 g/mol. The standard InChI is InChI=1S/C20H25N3O2S.HI/c1-21-20(22-12-14-26(24)15-16-7-3-2-4-8-16)23-18-11-13-25-19-10-6-5-9-17(18)19;/h2-10,18H,11-15H2,1H3,(H2,21,22,23);1H. The molecule has 3 rings (SSSR count). The highest BCUT2D eigenvalue weighted by Gasteiger charge is 2.21. The lowest BCUT2D eigenvalue weighted by molar-refractivity contribution is 0.261. The summed E-state index contributed by atoms with van der Waals surface area (Å²) in [6, 6.07) is 18.2. The fourth-order valence-electron chi connectivity index (χ4n) is 2.97. The molecule has 0 aliphatic carbocycles. The minimum Gasteiger partial charge on any atom is -0.493 e. The number of benzene rings is 2. The molecule has 27 heavy (non-hydrogen) atoms. The number of hydrogen-bond acceptors (Lipinski definition) is 3. The summed E-state index contributed by atoms with van der Waals surface area (Å²) in [5.41, 5.74) is 2.25. The molecule has 0 aromatic heterocycles. The van der Waals surface area contributed by atoms with Crippen molar-refractivity contribution < 1.29 is 8.95 Å². The van der Waals surface area contributed by atoms with Crippen molar-refractivity contribution in [2.24, 2.45) is 4.99 Å². The van der Waals surface area contributed by atoms with E-state index in [9.17, 15) is 4.21 Å². The van der Waals surface area contributed by atoms with Crippen molar-refractivity contribution in [3.05, 3.63) is 65.7 Å². The normalized spacial score (nSPS) is 17.1. The monoisotopic (exact) mass is 499 g/mol. The van der Waals surface area contributed by atoms with Crippen LogP contribution < -0.4 is 15.4 Å². The molecule has 0 fully saturated rings. The molecule has 146 valence electrons. The Morgan fingerprint density at radius 3 is 2.70 bits per heavy atom. The summed E-state index contributed by atoms with van der Waals surface area (Å²) < 4.78 is 17.9. The van der Waals surface area contributed by atoms with Crippen LogP contribution in [0.15, 0.2) is 59.6 Å². The lowest BCUT2D eigenvalue weighted by atomic mass is 10.0. The van der Waals surface area contributed by atoms with Gasteiger partial charge < -0.3 is 15.4 Å². The molecular formula is C20H26IN3O2S. The van der Waals surface area contributed by atoms with E-state index in [1.165, 1.54) is 0 Å². The van der Waals surface area contributed by atoms with E-state index in [1.54, 1.807) is 7.05 Å². The van der Waals surface area contributed by atoms with E-state index in [1.807, 2.05) is 48.5 Å². The number of nitrogens with one attached hydrogen (secondary N) is 2. The maximum atomic E-state index is 12.2. The molecule has 0 saturated heterocycles. The molecule has 2 N–H and O–H groups in total. The lowest BCUT2D eigenvalue weighted by Gasteiger charge is -2.28.